The van der Waals surface area contributed by atoms with Gasteiger partial charge in [-0.05, 0) is 54.5 Å². The lowest BCUT2D eigenvalue weighted by molar-refractivity contribution is -0.117. The third kappa shape index (κ3) is 4.97. The normalized spacial score (nSPS) is 13.6. The van der Waals surface area contributed by atoms with Gasteiger partial charge in [-0.2, -0.15) is 0 Å². The summed E-state index contributed by atoms with van der Waals surface area (Å²) < 4.78 is 0. The van der Waals surface area contributed by atoms with Crippen LogP contribution in [0.1, 0.15) is 18.4 Å². The molecule has 1 fully saturated rings. The number of hydrogen-bond donors (Lipinski definition) is 3. The number of hydrogen-bond acceptors (Lipinski definition) is 3. The van der Waals surface area contributed by atoms with E-state index in [0.717, 1.165) is 24.2 Å². The van der Waals surface area contributed by atoms with E-state index in [0.29, 0.717) is 17.8 Å². The van der Waals surface area contributed by atoms with Gasteiger partial charge < -0.3 is 20.9 Å². The molecule has 1 heterocycles. The Labute approximate surface area is 163 Å². The van der Waals surface area contributed by atoms with Crippen LogP contribution >= 0.6 is 0 Å². The predicted octanol–water partition coefficient (Wildman–Crippen LogP) is 3.22. The van der Waals surface area contributed by atoms with Gasteiger partial charge in [0.1, 0.15) is 0 Å². The summed E-state index contributed by atoms with van der Waals surface area (Å²) in [5.41, 5.74) is 3.01. The molecule has 0 radical (unpaired) electrons. The van der Waals surface area contributed by atoms with E-state index in [4.69, 9.17) is 0 Å². The lowest BCUT2D eigenvalue weighted by Crippen LogP contribution is -2.24. The highest BCUT2D eigenvalue weighted by atomic mass is 16.2. The largest absolute Gasteiger partial charge is 0.341 e. The van der Waals surface area contributed by atoms with Crippen molar-refractivity contribution in [1.29, 1.82) is 0 Å². The maximum absolute atomic E-state index is 12.1. The molecule has 0 spiro atoms. The fourth-order valence-electron chi connectivity index (χ4n) is 2.87. The molecule has 3 rings (SSSR count). The molecule has 2 aromatic rings. The van der Waals surface area contributed by atoms with Crippen molar-refractivity contribution in [2.24, 2.45) is 0 Å². The zero-order valence-corrected chi connectivity index (χ0v) is 15.6. The average molecular weight is 378 g/mol. The highest BCUT2D eigenvalue weighted by Crippen LogP contribution is 2.22. The van der Waals surface area contributed by atoms with Gasteiger partial charge >= 0.3 is 6.03 Å². The van der Waals surface area contributed by atoms with E-state index >= 15 is 0 Å². The summed E-state index contributed by atoms with van der Waals surface area (Å²) >= 11 is 0. The Morgan fingerprint density at radius 3 is 2.18 bits per heavy atom. The summed E-state index contributed by atoms with van der Waals surface area (Å²) in [7, 11) is 1.54. The first kappa shape index (κ1) is 19.2. The van der Waals surface area contributed by atoms with E-state index in [-0.39, 0.29) is 17.8 Å². The molecule has 7 nitrogen and oxygen atoms in total. The molecule has 1 aliphatic rings. The van der Waals surface area contributed by atoms with Crippen LogP contribution in [0.25, 0.3) is 6.08 Å². The molecule has 0 atom stereocenters. The molecule has 4 amide bonds. The van der Waals surface area contributed by atoms with Crippen molar-refractivity contribution in [3.63, 3.8) is 0 Å². The Morgan fingerprint density at radius 1 is 0.964 bits per heavy atom. The zero-order chi connectivity index (χ0) is 19.9. The molecule has 7 heteroatoms. The van der Waals surface area contributed by atoms with Crippen molar-refractivity contribution in [3.8, 4) is 0 Å². The molecule has 144 valence electrons. The van der Waals surface area contributed by atoms with Gasteiger partial charge in [-0.25, -0.2) is 4.79 Å². The van der Waals surface area contributed by atoms with Crippen LogP contribution in [0.5, 0.6) is 0 Å². The second-order valence-corrected chi connectivity index (χ2v) is 6.34. The summed E-state index contributed by atoms with van der Waals surface area (Å²) in [4.78, 5) is 36.9. The Bertz CT molecular complexity index is 889. The number of nitrogens with zero attached hydrogens (tertiary/aromatic N) is 1. The summed E-state index contributed by atoms with van der Waals surface area (Å²) in [5, 5.41) is 7.87. The van der Waals surface area contributed by atoms with Crippen molar-refractivity contribution < 1.29 is 14.4 Å². The molecule has 0 saturated carbocycles. The van der Waals surface area contributed by atoms with Gasteiger partial charge in [0.15, 0.2) is 0 Å². The summed E-state index contributed by atoms with van der Waals surface area (Å²) in [6, 6.07) is 14.0. The Morgan fingerprint density at radius 2 is 1.61 bits per heavy atom. The van der Waals surface area contributed by atoms with E-state index in [1.807, 2.05) is 24.3 Å². The average Bonchev–Trinajstić information content (AvgIpc) is 3.14. The first-order chi connectivity index (χ1) is 13.5. The van der Waals surface area contributed by atoms with E-state index < -0.39 is 0 Å². The molecule has 0 aliphatic carbocycles. The van der Waals surface area contributed by atoms with Crippen LogP contribution in [0, 0.1) is 0 Å². The van der Waals surface area contributed by atoms with Crippen LogP contribution in [0.4, 0.5) is 21.9 Å². The van der Waals surface area contributed by atoms with Crippen LogP contribution in [0.3, 0.4) is 0 Å². The van der Waals surface area contributed by atoms with Crippen molar-refractivity contribution >= 4 is 41.0 Å². The van der Waals surface area contributed by atoms with Crippen LogP contribution in [-0.2, 0) is 9.59 Å². The number of amides is 4. The summed E-state index contributed by atoms with van der Waals surface area (Å²) in [6.45, 7) is 0.758. The molecular weight excluding hydrogens is 356 g/mol. The molecule has 28 heavy (non-hydrogen) atoms. The first-order valence-corrected chi connectivity index (χ1v) is 9.03. The minimum absolute atomic E-state index is 0.152. The van der Waals surface area contributed by atoms with Gasteiger partial charge in [-0.3, -0.25) is 9.59 Å². The van der Waals surface area contributed by atoms with Crippen LogP contribution in [0.2, 0.25) is 0 Å². The molecular formula is C21H22N4O3. The molecule has 0 unspecified atom stereocenters. The second-order valence-electron chi connectivity index (χ2n) is 6.34. The standard InChI is InChI=1S/C21H22N4O3/c1-22-21(28)24-17-9-7-16(8-10-17)23-19(26)13-6-15-4-11-18(12-5-15)25-14-2-3-20(25)27/h4-13H,2-3,14H2,1H3,(H,23,26)(H2,22,24,28)/b13-6+. The van der Waals surface area contributed by atoms with Crippen molar-refractivity contribution in [3.05, 3.63) is 60.2 Å². The highest BCUT2D eigenvalue weighted by molar-refractivity contribution is 6.02. The monoisotopic (exact) mass is 378 g/mol. The molecule has 1 aliphatic heterocycles. The number of carbonyl (C=O) groups is 3. The predicted molar refractivity (Wildman–Crippen MR) is 110 cm³/mol. The van der Waals surface area contributed by atoms with E-state index in [1.54, 1.807) is 35.2 Å². The van der Waals surface area contributed by atoms with Crippen LogP contribution < -0.4 is 20.9 Å². The Hall–Kier alpha value is -3.61. The minimum atomic E-state index is -0.306. The van der Waals surface area contributed by atoms with Gasteiger partial charge in [0, 0.05) is 43.2 Å². The smallest absolute Gasteiger partial charge is 0.318 e. The zero-order valence-electron chi connectivity index (χ0n) is 15.6. The maximum Gasteiger partial charge on any atom is 0.318 e. The number of carbonyl (C=O) groups excluding carboxylic acids is 3. The van der Waals surface area contributed by atoms with Crippen molar-refractivity contribution in [2.75, 3.05) is 29.1 Å². The van der Waals surface area contributed by atoms with Gasteiger partial charge in [0.25, 0.3) is 0 Å². The first-order valence-electron chi connectivity index (χ1n) is 9.03. The summed E-state index contributed by atoms with van der Waals surface area (Å²) in [6.07, 6.45) is 4.66. The van der Waals surface area contributed by atoms with Crippen molar-refractivity contribution in [2.45, 2.75) is 12.8 Å². The molecule has 0 aromatic heterocycles. The number of anilines is 3. The van der Waals surface area contributed by atoms with Gasteiger partial charge in [-0.15, -0.1) is 0 Å². The van der Waals surface area contributed by atoms with E-state index in [1.165, 1.54) is 13.1 Å². The third-order valence-corrected chi connectivity index (χ3v) is 4.34. The van der Waals surface area contributed by atoms with Crippen LogP contribution in [-0.4, -0.2) is 31.4 Å². The number of nitrogens with one attached hydrogen (secondary N) is 3. The number of rotatable bonds is 5. The number of benzene rings is 2. The fraction of sp³-hybridized carbons (Fsp3) is 0.190. The fourth-order valence-corrected chi connectivity index (χ4v) is 2.87. The quantitative estimate of drug-likeness (QED) is 0.698. The molecule has 3 N–H and O–H groups in total. The van der Waals surface area contributed by atoms with Gasteiger partial charge in [0.05, 0.1) is 0 Å². The molecule has 0 bridgehead atoms. The van der Waals surface area contributed by atoms with E-state index in [9.17, 15) is 14.4 Å². The van der Waals surface area contributed by atoms with Gasteiger partial charge in [0.2, 0.25) is 11.8 Å². The Balaban J connectivity index is 1.54. The molecule has 1 saturated heterocycles. The number of urea groups is 1. The minimum Gasteiger partial charge on any atom is -0.341 e. The van der Waals surface area contributed by atoms with Gasteiger partial charge in [-0.1, -0.05) is 12.1 Å². The third-order valence-electron chi connectivity index (χ3n) is 4.34. The van der Waals surface area contributed by atoms with Crippen molar-refractivity contribution in [1.82, 2.24) is 5.32 Å². The highest BCUT2D eigenvalue weighted by Gasteiger charge is 2.21. The van der Waals surface area contributed by atoms with Crippen LogP contribution in [0.15, 0.2) is 54.6 Å². The summed E-state index contributed by atoms with van der Waals surface area (Å²) in [5.74, 6) is -0.106. The lowest BCUT2D eigenvalue weighted by Gasteiger charge is -2.15. The molecule has 2 aromatic carbocycles. The Kier molecular flexibility index (Phi) is 6.06. The second kappa shape index (κ2) is 8.85. The SMILES string of the molecule is CNC(=O)Nc1ccc(NC(=O)/C=C/c2ccc(N3CCCC3=O)cc2)cc1. The maximum atomic E-state index is 12.1. The topological polar surface area (TPSA) is 90.5 Å². The van der Waals surface area contributed by atoms with E-state index in [2.05, 4.69) is 16.0 Å². The lowest BCUT2D eigenvalue weighted by atomic mass is 10.2.